The molecule has 0 unspecified atom stereocenters. The fourth-order valence-electron chi connectivity index (χ4n) is 3.31. The van der Waals surface area contributed by atoms with Crippen LogP contribution in [0.1, 0.15) is 42.1 Å². The summed E-state index contributed by atoms with van der Waals surface area (Å²) >= 11 is 0. The molecule has 1 aromatic rings. The number of carbonyl (C=O) groups is 1. The van der Waals surface area contributed by atoms with Crippen molar-refractivity contribution < 1.29 is 14.3 Å². The Labute approximate surface area is 204 Å². The summed E-state index contributed by atoms with van der Waals surface area (Å²) < 4.78 is 11.2. The Morgan fingerprint density at radius 1 is 1.26 bits per heavy atom. The summed E-state index contributed by atoms with van der Waals surface area (Å²) in [5.74, 6) is 1.49. The van der Waals surface area contributed by atoms with Crippen LogP contribution in [0, 0.1) is 5.92 Å². The Hall–Kier alpha value is -1.39. The molecule has 31 heavy (non-hydrogen) atoms. The Balaban J connectivity index is 0.00000480. The van der Waals surface area contributed by atoms with Crippen LogP contribution in [0.5, 0.6) is 0 Å². The number of hydrogen-bond donors (Lipinski definition) is 2. The second-order valence-corrected chi connectivity index (χ2v) is 7.82. The van der Waals surface area contributed by atoms with Gasteiger partial charge in [0.1, 0.15) is 0 Å². The second-order valence-electron chi connectivity index (χ2n) is 7.82. The number of nitrogens with zero attached hydrogens (tertiary/aromatic N) is 2. The molecule has 176 valence electrons. The molecule has 1 aliphatic rings. The smallest absolute Gasteiger partial charge is 0.253 e. The molecule has 2 rings (SSSR count). The first-order valence-electron chi connectivity index (χ1n) is 11.1. The minimum Gasteiger partial charge on any atom is -0.381 e. The lowest BCUT2D eigenvalue weighted by atomic mass is 10.0. The van der Waals surface area contributed by atoms with Gasteiger partial charge in [-0.2, -0.15) is 0 Å². The first-order valence-corrected chi connectivity index (χ1v) is 11.1. The van der Waals surface area contributed by atoms with E-state index in [1.54, 1.807) is 19.0 Å². The number of carbonyl (C=O) groups excluding carboxylic acids is 1. The molecular weight excluding hydrogens is 507 g/mol. The average molecular weight is 546 g/mol. The fraction of sp³-hybridized carbons (Fsp3) is 0.652. The van der Waals surface area contributed by atoms with Crippen molar-refractivity contribution in [2.24, 2.45) is 10.9 Å². The molecule has 0 aromatic heterocycles. The van der Waals surface area contributed by atoms with Crippen molar-refractivity contribution >= 4 is 35.8 Å². The van der Waals surface area contributed by atoms with Crippen molar-refractivity contribution in [2.75, 3.05) is 60.2 Å². The fourth-order valence-corrected chi connectivity index (χ4v) is 3.31. The lowest BCUT2D eigenvalue weighted by Crippen LogP contribution is -2.38. The molecule has 0 aliphatic carbocycles. The standard InChI is InChI=1S/C23H38N4O3.HI/c1-4-24-23(25-12-6-14-30-18-20-10-15-29-16-11-20)26-13-9-19-7-5-8-21(17-19)22(28)27(2)3;/h5,7-8,17,20H,4,6,9-16,18H2,1-3H3,(H2,24,25,26);1H. The van der Waals surface area contributed by atoms with Crippen molar-refractivity contribution in [3.8, 4) is 0 Å². The maximum atomic E-state index is 12.1. The molecule has 1 saturated heterocycles. The zero-order valence-corrected chi connectivity index (χ0v) is 21.5. The van der Waals surface area contributed by atoms with E-state index in [0.29, 0.717) is 5.92 Å². The molecule has 0 saturated carbocycles. The molecule has 1 amide bonds. The van der Waals surface area contributed by atoms with Gasteiger partial charge in [-0.1, -0.05) is 12.1 Å². The molecule has 0 spiro atoms. The van der Waals surface area contributed by atoms with E-state index in [-0.39, 0.29) is 29.9 Å². The third kappa shape index (κ3) is 11.2. The van der Waals surface area contributed by atoms with E-state index in [9.17, 15) is 4.79 Å². The normalized spacial score (nSPS) is 14.6. The molecule has 2 N–H and O–H groups in total. The lowest BCUT2D eigenvalue weighted by molar-refractivity contribution is 0.0205. The minimum absolute atomic E-state index is 0. The van der Waals surface area contributed by atoms with Crippen LogP contribution in [0.4, 0.5) is 0 Å². The van der Waals surface area contributed by atoms with Crippen LogP contribution in [0.25, 0.3) is 0 Å². The number of amides is 1. The quantitative estimate of drug-likeness (QED) is 0.193. The lowest BCUT2D eigenvalue weighted by Gasteiger charge is -2.21. The van der Waals surface area contributed by atoms with E-state index in [1.807, 2.05) is 24.3 Å². The third-order valence-electron chi connectivity index (χ3n) is 5.04. The van der Waals surface area contributed by atoms with Crippen molar-refractivity contribution in [1.82, 2.24) is 15.5 Å². The van der Waals surface area contributed by atoms with E-state index in [4.69, 9.17) is 9.47 Å². The number of rotatable bonds is 11. The first-order chi connectivity index (χ1) is 14.6. The number of halogens is 1. The van der Waals surface area contributed by atoms with Gasteiger partial charge >= 0.3 is 0 Å². The maximum Gasteiger partial charge on any atom is 0.253 e. The van der Waals surface area contributed by atoms with Crippen LogP contribution in [0.15, 0.2) is 29.3 Å². The highest BCUT2D eigenvalue weighted by Crippen LogP contribution is 2.14. The zero-order chi connectivity index (χ0) is 21.6. The van der Waals surface area contributed by atoms with Crippen LogP contribution >= 0.6 is 24.0 Å². The number of guanidine groups is 1. The van der Waals surface area contributed by atoms with Crippen molar-refractivity contribution in [3.63, 3.8) is 0 Å². The van der Waals surface area contributed by atoms with Gasteiger partial charge in [-0.15, -0.1) is 24.0 Å². The number of hydrogen-bond acceptors (Lipinski definition) is 4. The summed E-state index contributed by atoms with van der Waals surface area (Å²) in [5.41, 5.74) is 1.85. The maximum absolute atomic E-state index is 12.1. The average Bonchev–Trinajstić information content (AvgIpc) is 2.76. The van der Waals surface area contributed by atoms with Gasteiger partial charge < -0.3 is 25.0 Å². The van der Waals surface area contributed by atoms with E-state index in [1.165, 1.54) is 0 Å². The molecule has 8 heteroatoms. The predicted molar refractivity (Wildman–Crippen MR) is 137 cm³/mol. The molecule has 1 aromatic carbocycles. The van der Waals surface area contributed by atoms with Crippen LogP contribution in [0.3, 0.4) is 0 Å². The monoisotopic (exact) mass is 546 g/mol. The molecule has 7 nitrogen and oxygen atoms in total. The van der Waals surface area contributed by atoms with E-state index < -0.39 is 0 Å². The van der Waals surface area contributed by atoms with E-state index in [2.05, 4.69) is 22.5 Å². The number of aliphatic imine (C=N–C) groups is 1. The highest BCUT2D eigenvalue weighted by Gasteiger charge is 2.13. The van der Waals surface area contributed by atoms with Crippen molar-refractivity contribution in [2.45, 2.75) is 32.6 Å². The summed E-state index contributed by atoms with van der Waals surface area (Å²) in [7, 11) is 3.54. The van der Waals surface area contributed by atoms with Gasteiger partial charge in [-0.25, -0.2) is 0 Å². The molecular formula is C23H39IN4O3. The summed E-state index contributed by atoms with van der Waals surface area (Å²) in [6, 6.07) is 7.80. The molecule has 0 atom stereocenters. The van der Waals surface area contributed by atoms with E-state index >= 15 is 0 Å². The van der Waals surface area contributed by atoms with Gasteiger partial charge in [0.05, 0.1) is 0 Å². The predicted octanol–water partition coefficient (Wildman–Crippen LogP) is 2.94. The van der Waals surface area contributed by atoms with Crippen molar-refractivity contribution in [3.05, 3.63) is 35.4 Å². The zero-order valence-electron chi connectivity index (χ0n) is 19.2. The molecule has 1 aliphatic heterocycles. The minimum atomic E-state index is 0. The molecule has 1 fully saturated rings. The first kappa shape index (κ1) is 27.6. The van der Waals surface area contributed by atoms with Crippen LogP contribution in [-0.4, -0.2) is 76.9 Å². The summed E-state index contributed by atoms with van der Waals surface area (Å²) in [6.07, 6.45) is 3.96. The summed E-state index contributed by atoms with van der Waals surface area (Å²) in [5, 5.41) is 6.65. The number of ether oxygens (including phenoxy) is 2. The Morgan fingerprint density at radius 2 is 2.03 bits per heavy atom. The van der Waals surface area contributed by atoms with Crippen LogP contribution in [-0.2, 0) is 15.9 Å². The highest BCUT2D eigenvalue weighted by molar-refractivity contribution is 14.0. The summed E-state index contributed by atoms with van der Waals surface area (Å²) in [6.45, 7) is 7.68. The third-order valence-corrected chi connectivity index (χ3v) is 5.04. The number of nitrogens with one attached hydrogen (secondary N) is 2. The van der Waals surface area contributed by atoms with E-state index in [0.717, 1.165) is 88.8 Å². The Morgan fingerprint density at radius 3 is 2.74 bits per heavy atom. The van der Waals surface area contributed by atoms with Gasteiger partial charge in [0.2, 0.25) is 0 Å². The highest BCUT2D eigenvalue weighted by atomic mass is 127. The van der Waals surface area contributed by atoms with Gasteiger partial charge in [0, 0.05) is 65.7 Å². The van der Waals surface area contributed by atoms with Gasteiger partial charge in [0.25, 0.3) is 5.91 Å². The topological polar surface area (TPSA) is 75.2 Å². The van der Waals surface area contributed by atoms with Crippen molar-refractivity contribution in [1.29, 1.82) is 0 Å². The Kier molecular flexibility index (Phi) is 14.5. The van der Waals surface area contributed by atoms with Gasteiger partial charge in [-0.05, 0) is 56.2 Å². The SMILES string of the molecule is CCNC(=NCCCOCC1CCOCC1)NCCc1cccc(C(=O)N(C)C)c1.I. The van der Waals surface area contributed by atoms with Crippen LogP contribution in [0.2, 0.25) is 0 Å². The molecule has 0 radical (unpaired) electrons. The van der Waals surface area contributed by atoms with Gasteiger partial charge in [-0.3, -0.25) is 9.79 Å². The largest absolute Gasteiger partial charge is 0.381 e. The Bertz CT molecular complexity index is 664. The van der Waals surface area contributed by atoms with Crippen LogP contribution < -0.4 is 10.6 Å². The number of benzene rings is 1. The molecule has 0 bridgehead atoms. The molecule has 1 heterocycles. The summed E-state index contributed by atoms with van der Waals surface area (Å²) in [4.78, 5) is 18.3. The second kappa shape index (κ2) is 16.3. The van der Waals surface area contributed by atoms with Gasteiger partial charge in [0.15, 0.2) is 5.96 Å².